The maximum Gasteiger partial charge on any atom is 0.433 e. The number of benzene rings is 3. The van der Waals surface area contributed by atoms with Crippen molar-refractivity contribution in [1.82, 2.24) is 0 Å². The normalized spacial score (nSPS) is 12.6. The third kappa shape index (κ3) is 2.86. The lowest BCUT2D eigenvalue weighted by Gasteiger charge is -2.11. The van der Waals surface area contributed by atoms with Crippen molar-refractivity contribution in [3.05, 3.63) is 78.4 Å². The van der Waals surface area contributed by atoms with Gasteiger partial charge in [-0.2, -0.15) is 13.2 Å². The molecule has 4 heteroatoms. The van der Waals surface area contributed by atoms with E-state index in [0.717, 1.165) is 5.39 Å². The van der Waals surface area contributed by atoms with Gasteiger partial charge in [-0.25, -0.2) is 4.99 Å². The smallest absolute Gasteiger partial charge is 0.243 e. The van der Waals surface area contributed by atoms with Gasteiger partial charge in [-0.3, -0.25) is 0 Å². The Kier molecular flexibility index (Phi) is 3.67. The molecule has 22 heavy (non-hydrogen) atoms. The summed E-state index contributed by atoms with van der Waals surface area (Å²) in [6, 6.07) is 20.1. The number of halogens is 3. The summed E-state index contributed by atoms with van der Waals surface area (Å²) in [5, 5.41) is 1.56. The van der Waals surface area contributed by atoms with Gasteiger partial charge in [0.2, 0.25) is 0 Å². The fraction of sp³-hybridized carbons (Fsp3) is 0.0556. The monoisotopic (exact) mass is 299 g/mol. The average molecular weight is 299 g/mol. The minimum absolute atomic E-state index is 0.0583. The van der Waals surface area contributed by atoms with E-state index in [1.165, 1.54) is 12.1 Å². The molecule has 0 aliphatic heterocycles. The average Bonchev–Trinajstić information content (AvgIpc) is 2.52. The molecule has 0 radical (unpaired) electrons. The van der Waals surface area contributed by atoms with Gasteiger partial charge in [0.25, 0.3) is 0 Å². The van der Waals surface area contributed by atoms with Crippen LogP contribution in [0.5, 0.6) is 0 Å². The van der Waals surface area contributed by atoms with E-state index < -0.39 is 11.9 Å². The van der Waals surface area contributed by atoms with Crippen LogP contribution in [0.1, 0.15) is 5.56 Å². The first-order valence-electron chi connectivity index (χ1n) is 6.75. The van der Waals surface area contributed by atoms with Crippen molar-refractivity contribution in [2.24, 2.45) is 4.99 Å². The topological polar surface area (TPSA) is 12.4 Å². The zero-order chi connectivity index (χ0) is 15.6. The number of hydrogen-bond donors (Lipinski definition) is 0. The van der Waals surface area contributed by atoms with Crippen LogP contribution >= 0.6 is 0 Å². The van der Waals surface area contributed by atoms with E-state index in [1.807, 2.05) is 18.2 Å². The van der Waals surface area contributed by atoms with Crippen molar-refractivity contribution >= 4 is 22.2 Å². The number of nitrogens with zero attached hydrogens (tertiary/aromatic N) is 1. The Balaban J connectivity index is 2.21. The van der Waals surface area contributed by atoms with Gasteiger partial charge in [0, 0.05) is 10.9 Å². The van der Waals surface area contributed by atoms with Crippen molar-refractivity contribution in [2.45, 2.75) is 6.18 Å². The number of hydrogen-bond acceptors (Lipinski definition) is 1. The van der Waals surface area contributed by atoms with Gasteiger partial charge in [-0.15, -0.1) is 0 Å². The van der Waals surface area contributed by atoms with E-state index in [-0.39, 0.29) is 5.56 Å². The summed E-state index contributed by atoms with van der Waals surface area (Å²) in [5.41, 5.74) is -0.512. The van der Waals surface area contributed by atoms with Crippen molar-refractivity contribution in [3.8, 4) is 0 Å². The first kappa shape index (κ1) is 14.3. The van der Waals surface area contributed by atoms with Crippen LogP contribution in [0.15, 0.2) is 77.8 Å². The SMILES string of the molecule is FC(F)(F)C(=Nc1cccc2ccccc12)c1ccccc1. The van der Waals surface area contributed by atoms with Crippen LogP contribution in [0.4, 0.5) is 18.9 Å². The molecule has 0 aliphatic carbocycles. The van der Waals surface area contributed by atoms with E-state index >= 15 is 0 Å². The molecule has 0 aliphatic rings. The molecule has 0 heterocycles. The summed E-state index contributed by atoms with van der Waals surface area (Å²) in [5.74, 6) is 0. The molecule has 0 spiro atoms. The van der Waals surface area contributed by atoms with Crippen LogP contribution in [-0.4, -0.2) is 11.9 Å². The molecular weight excluding hydrogens is 287 g/mol. The first-order chi connectivity index (χ1) is 10.6. The summed E-state index contributed by atoms with van der Waals surface area (Å²) in [6.07, 6.45) is -4.52. The fourth-order valence-electron chi connectivity index (χ4n) is 2.31. The second kappa shape index (κ2) is 5.64. The minimum Gasteiger partial charge on any atom is -0.243 e. The molecule has 0 saturated carbocycles. The third-order valence-electron chi connectivity index (χ3n) is 3.31. The maximum atomic E-state index is 13.4. The fourth-order valence-corrected chi connectivity index (χ4v) is 2.31. The number of rotatable bonds is 2. The quantitative estimate of drug-likeness (QED) is 0.552. The number of aliphatic imine (C=N–C) groups is 1. The van der Waals surface area contributed by atoms with Gasteiger partial charge < -0.3 is 0 Å². The molecule has 0 saturated heterocycles. The minimum atomic E-state index is -4.52. The van der Waals surface area contributed by atoms with Gasteiger partial charge in [0.05, 0.1) is 5.69 Å². The van der Waals surface area contributed by atoms with Crippen LogP contribution in [0, 0.1) is 0 Å². The molecule has 0 N–H and O–H groups in total. The van der Waals surface area contributed by atoms with Crippen LogP contribution in [0.25, 0.3) is 10.8 Å². The Labute approximate surface area is 125 Å². The Morgan fingerprint density at radius 3 is 2.09 bits per heavy atom. The number of alkyl halides is 3. The van der Waals surface area contributed by atoms with E-state index in [9.17, 15) is 13.2 Å². The Bertz CT molecular complexity index is 815. The van der Waals surface area contributed by atoms with Gasteiger partial charge in [0.15, 0.2) is 5.71 Å². The Morgan fingerprint density at radius 1 is 0.727 bits per heavy atom. The highest BCUT2D eigenvalue weighted by Gasteiger charge is 2.36. The molecule has 110 valence electrons. The second-order valence-electron chi connectivity index (χ2n) is 4.82. The lowest BCUT2D eigenvalue weighted by Crippen LogP contribution is -2.23. The number of fused-ring (bicyclic) bond motifs is 1. The zero-order valence-electron chi connectivity index (χ0n) is 11.5. The predicted molar refractivity (Wildman–Crippen MR) is 82.6 cm³/mol. The van der Waals surface area contributed by atoms with E-state index in [0.29, 0.717) is 11.1 Å². The van der Waals surface area contributed by atoms with Gasteiger partial charge in [-0.1, -0.05) is 66.7 Å². The van der Waals surface area contributed by atoms with Crippen LogP contribution in [0.3, 0.4) is 0 Å². The Hall–Kier alpha value is -2.62. The maximum absolute atomic E-state index is 13.4. The van der Waals surface area contributed by atoms with E-state index in [1.54, 1.807) is 42.5 Å². The van der Waals surface area contributed by atoms with Crippen molar-refractivity contribution in [1.29, 1.82) is 0 Å². The molecular formula is C18H12F3N. The van der Waals surface area contributed by atoms with Crippen LogP contribution in [0.2, 0.25) is 0 Å². The highest BCUT2D eigenvalue weighted by Crippen LogP contribution is 2.30. The van der Waals surface area contributed by atoms with Crippen molar-refractivity contribution in [3.63, 3.8) is 0 Å². The molecule has 0 aromatic heterocycles. The molecule has 0 amide bonds. The highest BCUT2D eigenvalue weighted by molar-refractivity contribution is 6.07. The van der Waals surface area contributed by atoms with Gasteiger partial charge in [-0.05, 0) is 11.5 Å². The highest BCUT2D eigenvalue weighted by atomic mass is 19.4. The molecule has 0 atom stereocenters. The third-order valence-corrected chi connectivity index (χ3v) is 3.31. The zero-order valence-corrected chi connectivity index (χ0v) is 11.5. The molecule has 0 unspecified atom stereocenters. The summed E-state index contributed by atoms with van der Waals surface area (Å²) in [7, 11) is 0. The summed E-state index contributed by atoms with van der Waals surface area (Å²) < 4.78 is 40.1. The summed E-state index contributed by atoms with van der Waals surface area (Å²) in [4.78, 5) is 3.92. The molecule has 3 rings (SSSR count). The van der Waals surface area contributed by atoms with Crippen molar-refractivity contribution < 1.29 is 13.2 Å². The van der Waals surface area contributed by atoms with E-state index in [2.05, 4.69) is 4.99 Å². The molecule has 3 aromatic rings. The largest absolute Gasteiger partial charge is 0.433 e. The van der Waals surface area contributed by atoms with Gasteiger partial charge >= 0.3 is 6.18 Å². The molecule has 0 fully saturated rings. The van der Waals surface area contributed by atoms with Crippen LogP contribution in [-0.2, 0) is 0 Å². The molecule has 0 bridgehead atoms. The lowest BCUT2D eigenvalue weighted by molar-refractivity contribution is -0.0579. The molecule has 3 aromatic carbocycles. The molecule has 1 nitrogen and oxygen atoms in total. The lowest BCUT2D eigenvalue weighted by atomic mass is 10.1. The Morgan fingerprint density at radius 2 is 1.36 bits per heavy atom. The summed E-state index contributed by atoms with van der Waals surface area (Å²) >= 11 is 0. The second-order valence-corrected chi connectivity index (χ2v) is 4.82. The summed E-state index contributed by atoms with van der Waals surface area (Å²) in [6.45, 7) is 0. The first-order valence-corrected chi connectivity index (χ1v) is 6.75. The van der Waals surface area contributed by atoms with E-state index in [4.69, 9.17) is 0 Å². The van der Waals surface area contributed by atoms with Crippen molar-refractivity contribution in [2.75, 3.05) is 0 Å². The standard InChI is InChI=1S/C18H12F3N/c19-18(20,21)17(14-8-2-1-3-9-14)22-16-12-6-10-13-7-4-5-11-15(13)16/h1-12H. The predicted octanol–water partition coefficient (Wildman–Crippen LogP) is 5.52. The van der Waals surface area contributed by atoms with Crippen LogP contribution < -0.4 is 0 Å². The van der Waals surface area contributed by atoms with Gasteiger partial charge in [0.1, 0.15) is 0 Å².